The standard InChI is InChI=1S/C13H12BrClO3/c1-8(15)3-4-9(2)18-12-6-5-10(14)7-11(12)13(16)17/h3-7H,1-2H3,(H,16,17)/b8-3+,9-4+. The molecule has 1 aromatic rings. The predicted octanol–water partition coefficient (Wildman–Crippen LogP) is 4.57. The second kappa shape index (κ2) is 6.61. The molecule has 96 valence electrons. The van der Waals surface area contributed by atoms with Gasteiger partial charge in [-0.25, -0.2) is 4.79 Å². The molecule has 0 aromatic heterocycles. The second-order valence-corrected chi connectivity index (χ2v) is 5.09. The summed E-state index contributed by atoms with van der Waals surface area (Å²) in [5, 5.41) is 9.69. The van der Waals surface area contributed by atoms with E-state index in [1.165, 1.54) is 6.07 Å². The topological polar surface area (TPSA) is 46.5 Å². The summed E-state index contributed by atoms with van der Waals surface area (Å²) in [7, 11) is 0. The number of carboxylic acids is 1. The molecule has 0 fully saturated rings. The fourth-order valence-corrected chi connectivity index (χ4v) is 1.62. The molecule has 0 spiro atoms. The van der Waals surface area contributed by atoms with Crippen LogP contribution in [0.1, 0.15) is 24.2 Å². The Morgan fingerprint density at radius 3 is 2.61 bits per heavy atom. The third kappa shape index (κ3) is 4.55. The fraction of sp³-hybridized carbons (Fsp3) is 0.154. The largest absolute Gasteiger partial charge is 0.478 e. The molecule has 0 heterocycles. The lowest BCUT2D eigenvalue weighted by atomic mass is 10.2. The Hall–Kier alpha value is -1.26. The van der Waals surface area contributed by atoms with Crippen molar-refractivity contribution in [3.05, 3.63) is 51.2 Å². The van der Waals surface area contributed by atoms with Gasteiger partial charge in [-0.1, -0.05) is 27.5 Å². The monoisotopic (exact) mass is 330 g/mol. The van der Waals surface area contributed by atoms with Crippen molar-refractivity contribution in [2.75, 3.05) is 0 Å². The summed E-state index contributed by atoms with van der Waals surface area (Å²) >= 11 is 8.91. The first kappa shape index (κ1) is 14.8. The number of carboxylic acid groups (broad SMARTS) is 1. The molecule has 3 nitrogen and oxygen atoms in total. The zero-order valence-corrected chi connectivity index (χ0v) is 12.2. The molecule has 0 aliphatic heterocycles. The number of halogens is 2. The SMILES string of the molecule is C/C(Cl)=C\C=C(/C)Oc1ccc(Br)cc1C(=O)O. The Bertz CT molecular complexity index is 517. The highest BCUT2D eigenvalue weighted by Gasteiger charge is 2.12. The molecular formula is C13H12BrClO3. The van der Waals surface area contributed by atoms with Gasteiger partial charge in [0.25, 0.3) is 0 Å². The zero-order valence-electron chi connectivity index (χ0n) is 9.91. The number of carbonyl (C=O) groups is 1. The smallest absolute Gasteiger partial charge is 0.339 e. The van der Waals surface area contributed by atoms with E-state index in [9.17, 15) is 4.79 Å². The molecule has 0 saturated carbocycles. The lowest BCUT2D eigenvalue weighted by Gasteiger charge is -2.08. The Balaban J connectivity index is 3.01. The number of rotatable bonds is 4. The van der Waals surface area contributed by atoms with Gasteiger partial charge in [0.05, 0.1) is 0 Å². The molecule has 0 atom stereocenters. The maximum atomic E-state index is 11.1. The molecule has 0 unspecified atom stereocenters. The van der Waals surface area contributed by atoms with Crippen LogP contribution in [0, 0.1) is 0 Å². The molecule has 0 saturated heterocycles. The van der Waals surface area contributed by atoms with Crippen molar-refractivity contribution in [3.8, 4) is 5.75 Å². The zero-order chi connectivity index (χ0) is 13.7. The number of hydrogen-bond acceptors (Lipinski definition) is 2. The summed E-state index contributed by atoms with van der Waals surface area (Å²) in [6.45, 7) is 3.47. The fourth-order valence-electron chi connectivity index (χ4n) is 1.20. The first-order valence-corrected chi connectivity index (χ1v) is 6.28. The van der Waals surface area contributed by atoms with Gasteiger partial charge in [0.1, 0.15) is 17.1 Å². The molecule has 1 rings (SSSR count). The van der Waals surface area contributed by atoms with Gasteiger partial charge in [-0.15, -0.1) is 0 Å². The minimum Gasteiger partial charge on any atom is -0.478 e. The number of benzene rings is 1. The third-order valence-electron chi connectivity index (χ3n) is 1.99. The summed E-state index contributed by atoms with van der Waals surface area (Å²) in [4.78, 5) is 11.1. The van der Waals surface area contributed by atoms with E-state index in [0.29, 0.717) is 21.0 Å². The van der Waals surface area contributed by atoms with E-state index in [1.54, 1.807) is 38.1 Å². The Morgan fingerprint density at radius 2 is 2.06 bits per heavy atom. The van der Waals surface area contributed by atoms with E-state index in [0.717, 1.165) is 0 Å². The van der Waals surface area contributed by atoms with Crippen LogP contribution in [-0.2, 0) is 0 Å². The van der Waals surface area contributed by atoms with Gasteiger partial charge in [0.2, 0.25) is 0 Å². The van der Waals surface area contributed by atoms with E-state index in [-0.39, 0.29) is 5.56 Å². The van der Waals surface area contributed by atoms with E-state index in [1.807, 2.05) is 0 Å². The van der Waals surface area contributed by atoms with Gasteiger partial charge in [-0.3, -0.25) is 0 Å². The Kier molecular flexibility index (Phi) is 5.44. The minimum atomic E-state index is -1.04. The molecule has 1 aromatic carbocycles. The number of ether oxygens (including phenoxy) is 1. The maximum absolute atomic E-state index is 11.1. The molecule has 1 N–H and O–H groups in total. The molecule has 0 aliphatic carbocycles. The van der Waals surface area contributed by atoms with E-state index in [2.05, 4.69) is 15.9 Å². The van der Waals surface area contributed by atoms with Gasteiger partial charge in [-0.2, -0.15) is 0 Å². The van der Waals surface area contributed by atoms with Crippen LogP contribution in [0.4, 0.5) is 0 Å². The van der Waals surface area contributed by atoms with Crippen molar-refractivity contribution in [1.82, 2.24) is 0 Å². The number of aromatic carboxylic acids is 1. The van der Waals surface area contributed by atoms with Gasteiger partial charge >= 0.3 is 5.97 Å². The van der Waals surface area contributed by atoms with Crippen molar-refractivity contribution in [2.24, 2.45) is 0 Å². The van der Waals surface area contributed by atoms with Crippen LogP contribution < -0.4 is 4.74 Å². The summed E-state index contributed by atoms with van der Waals surface area (Å²) in [5.41, 5.74) is 0.101. The highest BCUT2D eigenvalue weighted by Crippen LogP contribution is 2.25. The highest BCUT2D eigenvalue weighted by molar-refractivity contribution is 9.10. The van der Waals surface area contributed by atoms with Crippen LogP contribution in [-0.4, -0.2) is 11.1 Å². The van der Waals surface area contributed by atoms with Crippen LogP contribution in [0.3, 0.4) is 0 Å². The van der Waals surface area contributed by atoms with Crippen molar-refractivity contribution in [1.29, 1.82) is 0 Å². The van der Waals surface area contributed by atoms with Gasteiger partial charge in [0, 0.05) is 9.51 Å². The molecule has 0 aliphatic rings. The Labute approximate surface area is 119 Å². The van der Waals surface area contributed by atoms with Crippen molar-refractivity contribution >= 4 is 33.5 Å². The number of allylic oxidation sites excluding steroid dienone is 4. The van der Waals surface area contributed by atoms with Crippen LogP contribution in [0.2, 0.25) is 0 Å². The second-order valence-electron chi connectivity index (χ2n) is 3.58. The first-order valence-electron chi connectivity index (χ1n) is 5.11. The third-order valence-corrected chi connectivity index (χ3v) is 2.61. The van der Waals surface area contributed by atoms with Crippen LogP contribution >= 0.6 is 27.5 Å². The minimum absolute atomic E-state index is 0.101. The van der Waals surface area contributed by atoms with Gasteiger partial charge < -0.3 is 9.84 Å². The van der Waals surface area contributed by atoms with Crippen molar-refractivity contribution in [3.63, 3.8) is 0 Å². The lowest BCUT2D eigenvalue weighted by molar-refractivity contribution is 0.0693. The predicted molar refractivity (Wildman–Crippen MR) is 75.1 cm³/mol. The lowest BCUT2D eigenvalue weighted by Crippen LogP contribution is -2.02. The molecule has 0 radical (unpaired) electrons. The average molecular weight is 332 g/mol. The van der Waals surface area contributed by atoms with Gasteiger partial charge in [-0.05, 0) is 44.2 Å². The summed E-state index contributed by atoms with van der Waals surface area (Å²) in [6.07, 6.45) is 3.35. The normalized spacial score (nSPS) is 12.4. The Morgan fingerprint density at radius 1 is 1.39 bits per heavy atom. The summed E-state index contributed by atoms with van der Waals surface area (Å²) in [5.74, 6) is -0.192. The van der Waals surface area contributed by atoms with Crippen molar-refractivity contribution in [2.45, 2.75) is 13.8 Å². The highest BCUT2D eigenvalue weighted by atomic mass is 79.9. The van der Waals surface area contributed by atoms with Gasteiger partial charge in [0.15, 0.2) is 0 Å². The molecular weight excluding hydrogens is 319 g/mol. The summed E-state index contributed by atoms with van der Waals surface area (Å²) in [6, 6.07) is 4.81. The van der Waals surface area contributed by atoms with E-state index < -0.39 is 5.97 Å². The van der Waals surface area contributed by atoms with Crippen molar-refractivity contribution < 1.29 is 14.6 Å². The maximum Gasteiger partial charge on any atom is 0.339 e. The van der Waals surface area contributed by atoms with Crippen LogP contribution in [0.5, 0.6) is 5.75 Å². The molecule has 5 heteroatoms. The quantitative estimate of drug-likeness (QED) is 0.649. The van der Waals surface area contributed by atoms with Crippen LogP contribution in [0.25, 0.3) is 0 Å². The van der Waals surface area contributed by atoms with E-state index >= 15 is 0 Å². The first-order chi connectivity index (χ1) is 8.40. The molecule has 18 heavy (non-hydrogen) atoms. The van der Waals surface area contributed by atoms with Crippen LogP contribution in [0.15, 0.2) is 45.6 Å². The average Bonchev–Trinajstić information content (AvgIpc) is 2.28. The molecule has 0 bridgehead atoms. The summed E-state index contributed by atoms with van der Waals surface area (Å²) < 4.78 is 6.15. The van der Waals surface area contributed by atoms with E-state index in [4.69, 9.17) is 21.4 Å². The molecule has 0 amide bonds. The number of hydrogen-bond donors (Lipinski definition) is 1.